The molecule has 1 aromatic rings. The van der Waals surface area contributed by atoms with Gasteiger partial charge in [-0.05, 0) is 26.0 Å². The quantitative estimate of drug-likeness (QED) is 0.310. The van der Waals surface area contributed by atoms with Crippen LogP contribution in [0.5, 0.6) is 0 Å². The molecule has 0 fully saturated rings. The van der Waals surface area contributed by atoms with Crippen LogP contribution in [0.25, 0.3) is 0 Å². The van der Waals surface area contributed by atoms with Crippen LogP contribution in [-0.4, -0.2) is 44.0 Å². The van der Waals surface area contributed by atoms with E-state index < -0.39 is 0 Å². The van der Waals surface area contributed by atoms with E-state index in [0.717, 1.165) is 36.7 Å². The van der Waals surface area contributed by atoms with Gasteiger partial charge in [0.15, 0.2) is 0 Å². The molecule has 110 valence electrons. The molecule has 0 saturated carbocycles. The van der Waals surface area contributed by atoms with E-state index in [1.807, 2.05) is 32.1 Å². The maximum absolute atomic E-state index is 4.94. The molecule has 0 amide bonds. The van der Waals surface area contributed by atoms with Crippen LogP contribution in [0.2, 0.25) is 0 Å². The van der Waals surface area contributed by atoms with Crippen LogP contribution in [0, 0.1) is 6.92 Å². The lowest BCUT2D eigenvalue weighted by Crippen LogP contribution is -2.19. The maximum Gasteiger partial charge on any atom is 0.0662 e. The molecule has 1 aromatic heterocycles. The molecule has 5 heteroatoms. The number of hydrazone groups is 1. The van der Waals surface area contributed by atoms with Crippen molar-refractivity contribution < 1.29 is 4.74 Å². The van der Waals surface area contributed by atoms with Crippen molar-refractivity contribution in [3.05, 3.63) is 41.7 Å². The summed E-state index contributed by atoms with van der Waals surface area (Å²) in [6.45, 7) is 7.12. The Morgan fingerprint density at radius 1 is 1.40 bits per heavy atom. The molecule has 0 aliphatic carbocycles. The Labute approximate surface area is 121 Å². The molecular formula is C15H24N4O. The van der Waals surface area contributed by atoms with Crippen molar-refractivity contribution in [2.24, 2.45) is 5.10 Å². The van der Waals surface area contributed by atoms with Gasteiger partial charge in [-0.3, -0.25) is 4.98 Å². The number of aryl methyl sites for hydroxylation is 1. The smallest absolute Gasteiger partial charge is 0.0662 e. The number of rotatable bonds is 9. The van der Waals surface area contributed by atoms with Crippen LogP contribution in [0.3, 0.4) is 0 Å². The fourth-order valence-corrected chi connectivity index (χ4v) is 1.67. The Balaban J connectivity index is 2.24. The Bertz CT molecular complexity index is 443. The van der Waals surface area contributed by atoms with Gasteiger partial charge in [-0.1, -0.05) is 12.2 Å². The summed E-state index contributed by atoms with van der Waals surface area (Å²) in [4.78, 5) is 4.25. The number of aromatic nitrogens is 1. The van der Waals surface area contributed by atoms with E-state index in [2.05, 4.69) is 26.9 Å². The first-order valence-electron chi connectivity index (χ1n) is 6.79. The molecule has 0 saturated heterocycles. The summed E-state index contributed by atoms with van der Waals surface area (Å²) >= 11 is 0. The number of nitrogens with zero attached hydrogens (tertiary/aromatic N) is 2. The van der Waals surface area contributed by atoms with Gasteiger partial charge in [0.25, 0.3) is 0 Å². The second-order valence-electron chi connectivity index (χ2n) is 4.36. The van der Waals surface area contributed by atoms with Crippen LogP contribution in [-0.2, 0) is 4.74 Å². The summed E-state index contributed by atoms with van der Waals surface area (Å²) in [6, 6.07) is 3.95. The van der Waals surface area contributed by atoms with E-state index in [1.165, 1.54) is 0 Å². The lowest BCUT2D eigenvalue weighted by atomic mass is 10.1. The standard InChI is InChI=1S/C15H24N4O/c1-13-15(7-6-9-17-13)14(2)19-18-10-5-4-8-16-11-12-20-3/h4-7,9,16,18H,8,10-12H2,1-3H3/b5-4-,19-14+. The minimum absolute atomic E-state index is 0.711. The maximum atomic E-state index is 4.94. The van der Waals surface area contributed by atoms with Crippen LogP contribution < -0.4 is 10.7 Å². The van der Waals surface area contributed by atoms with Crippen molar-refractivity contribution >= 4 is 5.71 Å². The van der Waals surface area contributed by atoms with E-state index in [0.29, 0.717) is 6.54 Å². The zero-order valence-electron chi connectivity index (χ0n) is 12.5. The second kappa shape index (κ2) is 10.1. The Morgan fingerprint density at radius 2 is 2.20 bits per heavy atom. The fourth-order valence-electron chi connectivity index (χ4n) is 1.67. The molecule has 0 radical (unpaired) electrons. The van der Waals surface area contributed by atoms with Crippen LogP contribution >= 0.6 is 0 Å². The predicted molar refractivity (Wildman–Crippen MR) is 83.1 cm³/mol. The molecule has 20 heavy (non-hydrogen) atoms. The molecule has 1 rings (SSSR count). The SMILES string of the molecule is COCCNC/C=C\CN/N=C(\C)c1cccnc1C. The summed E-state index contributed by atoms with van der Waals surface area (Å²) < 4.78 is 4.94. The zero-order chi connectivity index (χ0) is 14.6. The van der Waals surface area contributed by atoms with Crippen molar-refractivity contribution in [2.75, 3.05) is 33.4 Å². The predicted octanol–water partition coefficient (Wildman–Crippen LogP) is 1.50. The van der Waals surface area contributed by atoms with Crippen molar-refractivity contribution in [3.8, 4) is 0 Å². The van der Waals surface area contributed by atoms with Gasteiger partial charge in [0.2, 0.25) is 0 Å². The van der Waals surface area contributed by atoms with Crippen LogP contribution in [0.1, 0.15) is 18.2 Å². The van der Waals surface area contributed by atoms with Crippen LogP contribution in [0.15, 0.2) is 35.6 Å². The summed E-state index contributed by atoms with van der Waals surface area (Å²) in [5.41, 5.74) is 6.05. The molecule has 0 aliphatic rings. The highest BCUT2D eigenvalue weighted by molar-refractivity contribution is 5.99. The van der Waals surface area contributed by atoms with Crippen molar-refractivity contribution in [1.82, 2.24) is 15.7 Å². The summed E-state index contributed by atoms with van der Waals surface area (Å²) in [6.07, 6.45) is 5.91. The summed E-state index contributed by atoms with van der Waals surface area (Å²) in [5, 5.41) is 7.57. The van der Waals surface area contributed by atoms with E-state index >= 15 is 0 Å². The van der Waals surface area contributed by atoms with E-state index in [9.17, 15) is 0 Å². The highest BCUT2D eigenvalue weighted by atomic mass is 16.5. The lowest BCUT2D eigenvalue weighted by Gasteiger charge is -2.04. The summed E-state index contributed by atoms with van der Waals surface area (Å²) in [7, 11) is 1.70. The molecule has 0 unspecified atom stereocenters. The molecule has 0 atom stereocenters. The first-order valence-corrected chi connectivity index (χ1v) is 6.79. The second-order valence-corrected chi connectivity index (χ2v) is 4.36. The van der Waals surface area contributed by atoms with Gasteiger partial charge in [0, 0.05) is 37.7 Å². The minimum atomic E-state index is 0.711. The van der Waals surface area contributed by atoms with Crippen molar-refractivity contribution in [3.63, 3.8) is 0 Å². The average molecular weight is 276 g/mol. The Hall–Kier alpha value is -1.72. The number of hydrogen-bond donors (Lipinski definition) is 2. The van der Waals surface area contributed by atoms with Crippen molar-refractivity contribution in [2.45, 2.75) is 13.8 Å². The van der Waals surface area contributed by atoms with Gasteiger partial charge in [-0.25, -0.2) is 0 Å². The number of hydrogen-bond acceptors (Lipinski definition) is 5. The molecule has 0 spiro atoms. The third-order valence-electron chi connectivity index (χ3n) is 2.76. The fraction of sp³-hybridized carbons (Fsp3) is 0.467. The number of methoxy groups -OCH3 is 1. The van der Waals surface area contributed by atoms with E-state index in [4.69, 9.17) is 4.74 Å². The normalized spacial score (nSPS) is 12.1. The highest BCUT2D eigenvalue weighted by Crippen LogP contribution is 2.04. The third-order valence-corrected chi connectivity index (χ3v) is 2.76. The molecule has 0 aliphatic heterocycles. The van der Waals surface area contributed by atoms with E-state index in [-0.39, 0.29) is 0 Å². The molecule has 2 N–H and O–H groups in total. The van der Waals surface area contributed by atoms with Gasteiger partial charge < -0.3 is 15.5 Å². The monoisotopic (exact) mass is 276 g/mol. The Kier molecular flexibility index (Phi) is 8.26. The highest BCUT2D eigenvalue weighted by Gasteiger charge is 2.00. The molecule has 0 aromatic carbocycles. The molecule has 1 heterocycles. The number of ether oxygens (including phenoxy) is 1. The van der Waals surface area contributed by atoms with Gasteiger partial charge in [0.05, 0.1) is 18.9 Å². The van der Waals surface area contributed by atoms with Gasteiger partial charge in [0.1, 0.15) is 0 Å². The molecule has 0 bridgehead atoms. The van der Waals surface area contributed by atoms with E-state index in [1.54, 1.807) is 13.3 Å². The molecular weight excluding hydrogens is 252 g/mol. The van der Waals surface area contributed by atoms with Gasteiger partial charge >= 0.3 is 0 Å². The largest absolute Gasteiger partial charge is 0.383 e. The zero-order valence-corrected chi connectivity index (χ0v) is 12.5. The first-order chi connectivity index (χ1) is 9.75. The Morgan fingerprint density at radius 3 is 2.95 bits per heavy atom. The first kappa shape index (κ1) is 16.3. The van der Waals surface area contributed by atoms with Crippen LogP contribution in [0.4, 0.5) is 0 Å². The third kappa shape index (κ3) is 6.45. The lowest BCUT2D eigenvalue weighted by molar-refractivity contribution is 0.200. The van der Waals surface area contributed by atoms with Gasteiger partial charge in [-0.2, -0.15) is 5.10 Å². The minimum Gasteiger partial charge on any atom is -0.383 e. The topological polar surface area (TPSA) is 58.5 Å². The van der Waals surface area contributed by atoms with Gasteiger partial charge in [-0.15, -0.1) is 0 Å². The average Bonchev–Trinajstić information content (AvgIpc) is 2.46. The summed E-state index contributed by atoms with van der Waals surface area (Å²) in [5.74, 6) is 0. The number of pyridine rings is 1. The number of nitrogens with one attached hydrogen (secondary N) is 2. The van der Waals surface area contributed by atoms with Crippen molar-refractivity contribution in [1.29, 1.82) is 0 Å². The molecule has 5 nitrogen and oxygen atoms in total.